The highest BCUT2D eigenvalue weighted by molar-refractivity contribution is 5.99. The molecule has 2 aromatic heterocycles. The van der Waals surface area contributed by atoms with E-state index in [1.807, 2.05) is 13.1 Å². The Morgan fingerprint density at radius 2 is 1.90 bits per heavy atom. The fourth-order valence-electron chi connectivity index (χ4n) is 3.98. The van der Waals surface area contributed by atoms with E-state index in [1.165, 1.54) is 33.3 Å². The number of benzene rings is 2. The van der Waals surface area contributed by atoms with Crippen LogP contribution in [0, 0.1) is 12.7 Å². The second kappa shape index (κ2) is 8.76. The number of nitrogens with zero attached hydrogens (tertiary/aromatic N) is 2. The van der Waals surface area contributed by atoms with Gasteiger partial charge in [-0.1, -0.05) is 25.0 Å². The third-order valence-electron chi connectivity index (χ3n) is 5.57. The van der Waals surface area contributed by atoms with Crippen molar-refractivity contribution in [2.75, 3.05) is 6.54 Å². The van der Waals surface area contributed by atoms with Gasteiger partial charge in [0.1, 0.15) is 5.82 Å². The monoisotopic (exact) mass is 418 g/mol. The van der Waals surface area contributed by atoms with Gasteiger partial charge >= 0.3 is 0 Å². The smallest absolute Gasteiger partial charge is 0.280 e. The second-order valence-electron chi connectivity index (χ2n) is 7.91. The molecule has 31 heavy (non-hydrogen) atoms. The number of aromatic nitrogens is 3. The average Bonchev–Trinajstić information content (AvgIpc) is 3.29. The van der Waals surface area contributed by atoms with Crippen molar-refractivity contribution in [1.82, 2.24) is 14.8 Å². The zero-order chi connectivity index (χ0) is 22.0. The standard InChI is InChI=1S/C25H27FN4O/c1-4-5-23-24(25(31)30(29-23)20-9-7-19(26)8-10-20)17(3)27-13-12-18-15-28-22-11-6-16(2)14-21(18)22/h6-11,14-15,28-29H,4-5,12-13H2,1-3H3. The van der Waals surface area contributed by atoms with Crippen LogP contribution in [0.1, 0.15) is 42.7 Å². The summed E-state index contributed by atoms with van der Waals surface area (Å²) < 4.78 is 14.8. The number of H-pyrrole nitrogens is 2. The predicted molar refractivity (Wildman–Crippen MR) is 124 cm³/mol. The summed E-state index contributed by atoms with van der Waals surface area (Å²) in [6.07, 6.45) is 4.47. The maximum Gasteiger partial charge on any atom is 0.280 e. The first-order chi connectivity index (χ1) is 15.0. The van der Waals surface area contributed by atoms with Gasteiger partial charge in [0.05, 0.1) is 11.3 Å². The molecule has 5 nitrogen and oxygen atoms in total. The van der Waals surface area contributed by atoms with Crippen molar-refractivity contribution in [1.29, 1.82) is 0 Å². The van der Waals surface area contributed by atoms with Crippen LogP contribution < -0.4 is 5.56 Å². The molecule has 0 radical (unpaired) electrons. The number of hydrogen-bond donors (Lipinski definition) is 2. The van der Waals surface area contributed by atoms with Crippen molar-refractivity contribution in [3.8, 4) is 5.69 Å². The first-order valence-corrected chi connectivity index (χ1v) is 10.7. The Morgan fingerprint density at radius 3 is 2.65 bits per heavy atom. The number of fused-ring (bicyclic) bond motifs is 1. The predicted octanol–water partition coefficient (Wildman–Crippen LogP) is 5.10. The van der Waals surface area contributed by atoms with Gasteiger partial charge in [-0.15, -0.1) is 0 Å². The van der Waals surface area contributed by atoms with Crippen LogP contribution in [0.2, 0.25) is 0 Å². The maximum atomic E-state index is 13.3. The summed E-state index contributed by atoms with van der Waals surface area (Å²) in [6.45, 7) is 6.65. The molecule has 0 unspecified atom stereocenters. The van der Waals surface area contributed by atoms with Crippen molar-refractivity contribution in [2.45, 2.75) is 40.0 Å². The molecule has 6 heteroatoms. The molecule has 4 rings (SSSR count). The summed E-state index contributed by atoms with van der Waals surface area (Å²) >= 11 is 0. The Balaban J connectivity index is 1.61. The molecule has 2 N–H and O–H groups in total. The molecule has 2 heterocycles. The summed E-state index contributed by atoms with van der Waals surface area (Å²) in [5.41, 5.74) is 6.23. The van der Waals surface area contributed by atoms with Gasteiger partial charge < -0.3 is 4.98 Å². The average molecular weight is 419 g/mol. The lowest BCUT2D eigenvalue weighted by Gasteiger charge is -2.02. The van der Waals surface area contributed by atoms with Gasteiger partial charge in [-0.2, -0.15) is 0 Å². The lowest BCUT2D eigenvalue weighted by atomic mass is 10.1. The minimum absolute atomic E-state index is 0.154. The van der Waals surface area contributed by atoms with E-state index in [0.717, 1.165) is 36.2 Å². The van der Waals surface area contributed by atoms with Gasteiger partial charge in [0.2, 0.25) is 0 Å². The first-order valence-electron chi connectivity index (χ1n) is 10.7. The van der Waals surface area contributed by atoms with Crippen molar-refractivity contribution in [2.24, 2.45) is 4.99 Å². The van der Waals surface area contributed by atoms with Crippen LogP contribution in [0.15, 0.2) is 58.4 Å². The second-order valence-corrected chi connectivity index (χ2v) is 7.91. The molecule has 0 bridgehead atoms. The Labute approximate surface area is 180 Å². The van der Waals surface area contributed by atoms with Crippen molar-refractivity contribution >= 4 is 16.6 Å². The van der Waals surface area contributed by atoms with Gasteiger partial charge in [-0.05, 0) is 68.7 Å². The molecule has 0 fully saturated rings. The van der Waals surface area contributed by atoms with E-state index in [4.69, 9.17) is 4.99 Å². The van der Waals surface area contributed by atoms with Crippen molar-refractivity contribution in [3.63, 3.8) is 0 Å². The number of aliphatic imine (C=N–C) groups is 1. The first kappa shape index (κ1) is 20.8. The Kier molecular flexibility index (Phi) is 5.89. The number of aryl methyl sites for hydroxylation is 2. The minimum Gasteiger partial charge on any atom is -0.361 e. The highest BCUT2D eigenvalue weighted by atomic mass is 19.1. The van der Waals surface area contributed by atoms with E-state index in [2.05, 4.69) is 42.1 Å². The SMILES string of the molecule is CCCc1[nH]n(-c2ccc(F)cc2)c(=O)c1C(C)=NCCc1c[nH]c2ccc(C)cc12. The molecule has 2 aromatic carbocycles. The number of halogens is 1. The molecule has 0 amide bonds. The van der Waals surface area contributed by atoms with Gasteiger partial charge in [0.15, 0.2) is 0 Å². The van der Waals surface area contributed by atoms with Gasteiger partial charge in [-0.25, -0.2) is 9.07 Å². The fourth-order valence-corrected chi connectivity index (χ4v) is 3.98. The summed E-state index contributed by atoms with van der Waals surface area (Å²) in [4.78, 5) is 21.2. The topological polar surface area (TPSA) is 65.9 Å². The van der Waals surface area contributed by atoms with Crippen LogP contribution in [-0.2, 0) is 12.8 Å². The van der Waals surface area contributed by atoms with Gasteiger partial charge in [0.25, 0.3) is 5.56 Å². The largest absolute Gasteiger partial charge is 0.361 e. The van der Waals surface area contributed by atoms with Crippen LogP contribution >= 0.6 is 0 Å². The maximum absolute atomic E-state index is 13.3. The molecule has 0 spiro atoms. The Morgan fingerprint density at radius 1 is 1.13 bits per heavy atom. The van der Waals surface area contributed by atoms with Crippen LogP contribution in [-0.4, -0.2) is 27.0 Å². The lowest BCUT2D eigenvalue weighted by Crippen LogP contribution is -2.20. The molecule has 0 atom stereocenters. The third-order valence-corrected chi connectivity index (χ3v) is 5.57. The molecule has 0 aliphatic carbocycles. The molecule has 0 saturated heterocycles. The van der Waals surface area contributed by atoms with Crippen LogP contribution in [0.5, 0.6) is 0 Å². The van der Waals surface area contributed by atoms with E-state index in [9.17, 15) is 9.18 Å². The summed E-state index contributed by atoms with van der Waals surface area (Å²) in [6, 6.07) is 12.3. The minimum atomic E-state index is -0.331. The molecule has 0 aliphatic rings. The zero-order valence-corrected chi connectivity index (χ0v) is 18.1. The van der Waals surface area contributed by atoms with Crippen LogP contribution in [0.4, 0.5) is 4.39 Å². The number of rotatable bonds is 7. The summed E-state index contributed by atoms with van der Waals surface area (Å²) in [7, 11) is 0. The van der Waals surface area contributed by atoms with E-state index in [0.29, 0.717) is 17.8 Å². The summed E-state index contributed by atoms with van der Waals surface area (Å²) in [5, 5.41) is 4.42. The number of aromatic amines is 2. The molecule has 160 valence electrons. The van der Waals surface area contributed by atoms with Crippen molar-refractivity contribution < 1.29 is 4.39 Å². The van der Waals surface area contributed by atoms with E-state index < -0.39 is 0 Å². The number of hydrogen-bond acceptors (Lipinski definition) is 2. The molecule has 4 aromatic rings. The van der Waals surface area contributed by atoms with E-state index >= 15 is 0 Å². The quantitative estimate of drug-likeness (QED) is 0.403. The van der Waals surface area contributed by atoms with Gasteiger partial charge in [-0.3, -0.25) is 14.9 Å². The highest BCUT2D eigenvalue weighted by Crippen LogP contribution is 2.20. The Bertz CT molecular complexity index is 1290. The Hall–Kier alpha value is -3.41. The zero-order valence-electron chi connectivity index (χ0n) is 18.1. The highest BCUT2D eigenvalue weighted by Gasteiger charge is 2.17. The lowest BCUT2D eigenvalue weighted by molar-refractivity contribution is 0.626. The van der Waals surface area contributed by atoms with E-state index in [-0.39, 0.29) is 11.4 Å². The molecular weight excluding hydrogens is 391 g/mol. The summed E-state index contributed by atoms with van der Waals surface area (Å²) in [5.74, 6) is -0.331. The van der Waals surface area contributed by atoms with Crippen molar-refractivity contribution in [3.05, 3.63) is 87.2 Å². The molecule has 0 aliphatic heterocycles. The molecule has 0 saturated carbocycles. The normalized spacial score (nSPS) is 12.1. The van der Waals surface area contributed by atoms with Gasteiger partial charge in [0, 0.05) is 35.1 Å². The van der Waals surface area contributed by atoms with Crippen LogP contribution in [0.3, 0.4) is 0 Å². The van der Waals surface area contributed by atoms with Crippen LogP contribution in [0.25, 0.3) is 16.6 Å². The fraction of sp³-hybridized carbons (Fsp3) is 0.280. The van der Waals surface area contributed by atoms with E-state index in [1.54, 1.807) is 12.1 Å². The molecular formula is C25H27FN4O. The number of nitrogens with one attached hydrogen (secondary N) is 2. The third kappa shape index (κ3) is 4.24.